The summed E-state index contributed by atoms with van der Waals surface area (Å²) in [6.07, 6.45) is 3.39. The number of likely N-dealkylation sites (tertiary alicyclic amines) is 1. The second kappa shape index (κ2) is 7.49. The maximum atomic E-state index is 12.9. The Kier molecular flexibility index (Phi) is 5.04. The first-order chi connectivity index (χ1) is 13.4. The Morgan fingerprint density at radius 3 is 2.68 bits per heavy atom. The van der Waals surface area contributed by atoms with Crippen LogP contribution in [-0.4, -0.2) is 33.9 Å². The van der Waals surface area contributed by atoms with Crippen molar-refractivity contribution in [2.75, 3.05) is 11.9 Å². The topological polar surface area (TPSA) is 54.3 Å². The molecule has 1 atom stereocenters. The number of benzene rings is 2. The summed E-state index contributed by atoms with van der Waals surface area (Å²) >= 11 is 12.0. The van der Waals surface area contributed by atoms with Crippen LogP contribution in [0, 0.1) is 0 Å². The van der Waals surface area contributed by atoms with Gasteiger partial charge in [0.1, 0.15) is 6.04 Å². The standard InChI is InChI=1S/C21H19Cl2N3O2/c1-25-10-8-13-4-6-15(12-19(13)25)24-20(27)18-3-2-9-26(18)21(28)14-5-7-16(22)17(23)11-14/h4-8,10-12,18H,2-3,9H2,1H3,(H,24,27). The molecule has 1 fully saturated rings. The van der Waals surface area contributed by atoms with Gasteiger partial charge in [0.15, 0.2) is 0 Å². The van der Waals surface area contributed by atoms with Crippen LogP contribution < -0.4 is 5.32 Å². The fraction of sp³-hybridized carbons (Fsp3) is 0.238. The third kappa shape index (κ3) is 3.48. The van der Waals surface area contributed by atoms with E-state index in [0.29, 0.717) is 34.3 Å². The van der Waals surface area contributed by atoms with Crippen LogP contribution in [0.4, 0.5) is 5.69 Å². The third-order valence-corrected chi connectivity index (χ3v) is 5.88. The zero-order valence-corrected chi connectivity index (χ0v) is 16.8. The lowest BCUT2D eigenvalue weighted by Gasteiger charge is -2.24. The monoisotopic (exact) mass is 415 g/mol. The van der Waals surface area contributed by atoms with E-state index in [0.717, 1.165) is 17.3 Å². The molecule has 1 aliphatic heterocycles. The molecule has 0 saturated carbocycles. The second-order valence-electron chi connectivity index (χ2n) is 6.97. The van der Waals surface area contributed by atoms with Gasteiger partial charge in [-0.1, -0.05) is 29.3 Å². The number of halogens is 2. The summed E-state index contributed by atoms with van der Waals surface area (Å²) < 4.78 is 2.00. The van der Waals surface area contributed by atoms with Crippen molar-refractivity contribution in [3.63, 3.8) is 0 Å². The predicted octanol–water partition coefficient (Wildman–Crippen LogP) is 4.73. The smallest absolute Gasteiger partial charge is 0.254 e. The Bertz CT molecular complexity index is 1080. The lowest BCUT2D eigenvalue weighted by Crippen LogP contribution is -2.43. The molecule has 28 heavy (non-hydrogen) atoms. The lowest BCUT2D eigenvalue weighted by atomic mass is 10.1. The summed E-state index contributed by atoms with van der Waals surface area (Å²) in [5.41, 5.74) is 2.18. The van der Waals surface area contributed by atoms with Gasteiger partial charge in [-0.15, -0.1) is 0 Å². The van der Waals surface area contributed by atoms with E-state index in [1.807, 2.05) is 42.1 Å². The minimum Gasteiger partial charge on any atom is -0.350 e. The molecule has 1 aliphatic rings. The molecule has 1 aromatic heterocycles. The number of aromatic nitrogens is 1. The quantitative estimate of drug-likeness (QED) is 0.671. The van der Waals surface area contributed by atoms with Crippen molar-refractivity contribution in [1.82, 2.24) is 9.47 Å². The summed E-state index contributed by atoms with van der Waals surface area (Å²) in [6.45, 7) is 0.536. The van der Waals surface area contributed by atoms with Gasteiger partial charge in [0.25, 0.3) is 5.91 Å². The van der Waals surface area contributed by atoms with E-state index in [2.05, 4.69) is 5.32 Å². The predicted molar refractivity (Wildman–Crippen MR) is 112 cm³/mol. The van der Waals surface area contributed by atoms with E-state index in [4.69, 9.17) is 23.2 Å². The largest absolute Gasteiger partial charge is 0.350 e. The highest BCUT2D eigenvalue weighted by Crippen LogP contribution is 2.27. The normalized spacial score (nSPS) is 16.5. The minimum atomic E-state index is -0.508. The molecule has 0 radical (unpaired) electrons. The summed E-state index contributed by atoms with van der Waals surface area (Å²) in [4.78, 5) is 27.4. The van der Waals surface area contributed by atoms with Crippen molar-refractivity contribution in [3.05, 3.63) is 64.3 Å². The Morgan fingerprint density at radius 1 is 1.07 bits per heavy atom. The molecule has 2 amide bonds. The first-order valence-electron chi connectivity index (χ1n) is 9.06. The number of amides is 2. The number of nitrogens with one attached hydrogen (secondary N) is 1. The fourth-order valence-electron chi connectivity index (χ4n) is 3.64. The van der Waals surface area contributed by atoms with Crippen molar-refractivity contribution in [2.24, 2.45) is 7.05 Å². The Hall–Kier alpha value is -2.50. The molecule has 1 N–H and O–H groups in total. The number of carbonyl (C=O) groups is 2. The highest BCUT2D eigenvalue weighted by molar-refractivity contribution is 6.42. The number of hydrogen-bond acceptors (Lipinski definition) is 2. The van der Waals surface area contributed by atoms with Crippen LogP contribution in [-0.2, 0) is 11.8 Å². The third-order valence-electron chi connectivity index (χ3n) is 5.14. The molecule has 1 unspecified atom stereocenters. The first kappa shape index (κ1) is 18.8. The van der Waals surface area contributed by atoms with Gasteiger partial charge >= 0.3 is 0 Å². The van der Waals surface area contributed by atoms with Gasteiger partial charge in [0, 0.05) is 36.6 Å². The molecular weight excluding hydrogens is 397 g/mol. The number of fused-ring (bicyclic) bond motifs is 1. The SMILES string of the molecule is Cn1ccc2ccc(NC(=O)C3CCCN3C(=O)c3ccc(Cl)c(Cl)c3)cc21. The van der Waals surface area contributed by atoms with E-state index in [9.17, 15) is 9.59 Å². The van der Waals surface area contributed by atoms with Gasteiger partial charge in [-0.3, -0.25) is 9.59 Å². The highest BCUT2D eigenvalue weighted by Gasteiger charge is 2.34. The van der Waals surface area contributed by atoms with Gasteiger partial charge in [0.05, 0.1) is 10.0 Å². The molecule has 7 heteroatoms. The average Bonchev–Trinajstić information content (AvgIpc) is 3.31. The Balaban J connectivity index is 1.53. The summed E-state index contributed by atoms with van der Waals surface area (Å²) in [7, 11) is 1.96. The molecule has 1 saturated heterocycles. The molecule has 2 aromatic carbocycles. The van der Waals surface area contributed by atoms with Crippen LogP contribution in [0.2, 0.25) is 10.0 Å². The molecule has 0 spiro atoms. The van der Waals surface area contributed by atoms with Gasteiger partial charge in [0.2, 0.25) is 5.91 Å². The van der Waals surface area contributed by atoms with Crippen LogP contribution >= 0.6 is 23.2 Å². The number of carbonyl (C=O) groups excluding carboxylic acids is 2. The maximum Gasteiger partial charge on any atom is 0.254 e. The van der Waals surface area contributed by atoms with Crippen molar-refractivity contribution < 1.29 is 9.59 Å². The van der Waals surface area contributed by atoms with Crippen LogP contribution in [0.25, 0.3) is 10.9 Å². The summed E-state index contributed by atoms with van der Waals surface area (Å²) in [5, 5.41) is 4.78. The zero-order valence-electron chi connectivity index (χ0n) is 15.3. The van der Waals surface area contributed by atoms with Crippen LogP contribution in [0.3, 0.4) is 0 Å². The molecule has 0 aliphatic carbocycles. The average molecular weight is 416 g/mol. The van der Waals surface area contributed by atoms with E-state index in [1.165, 1.54) is 0 Å². The Morgan fingerprint density at radius 2 is 1.89 bits per heavy atom. The van der Waals surface area contributed by atoms with Crippen LogP contribution in [0.15, 0.2) is 48.7 Å². The van der Waals surface area contributed by atoms with Gasteiger partial charge < -0.3 is 14.8 Å². The number of aryl methyl sites for hydroxylation is 1. The number of hydrogen-bond donors (Lipinski definition) is 1. The zero-order chi connectivity index (χ0) is 19.8. The fourth-order valence-corrected chi connectivity index (χ4v) is 3.94. The number of anilines is 1. The van der Waals surface area contributed by atoms with Crippen molar-refractivity contribution in [2.45, 2.75) is 18.9 Å². The van der Waals surface area contributed by atoms with Crippen molar-refractivity contribution in [1.29, 1.82) is 0 Å². The van der Waals surface area contributed by atoms with E-state index in [1.54, 1.807) is 23.1 Å². The maximum absolute atomic E-state index is 12.9. The number of nitrogens with zero attached hydrogens (tertiary/aromatic N) is 2. The highest BCUT2D eigenvalue weighted by atomic mass is 35.5. The van der Waals surface area contributed by atoms with E-state index >= 15 is 0 Å². The summed E-state index contributed by atoms with van der Waals surface area (Å²) in [6, 6.07) is 12.1. The molecule has 2 heterocycles. The molecule has 0 bridgehead atoms. The van der Waals surface area contributed by atoms with Gasteiger partial charge in [-0.25, -0.2) is 0 Å². The van der Waals surface area contributed by atoms with Crippen LogP contribution in [0.5, 0.6) is 0 Å². The molecule has 4 rings (SSSR count). The van der Waals surface area contributed by atoms with E-state index < -0.39 is 6.04 Å². The van der Waals surface area contributed by atoms with Gasteiger partial charge in [-0.05, 0) is 54.6 Å². The lowest BCUT2D eigenvalue weighted by molar-refractivity contribution is -0.119. The van der Waals surface area contributed by atoms with E-state index in [-0.39, 0.29) is 11.8 Å². The number of rotatable bonds is 3. The Labute approximate surface area is 172 Å². The minimum absolute atomic E-state index is 0.181. The van der Waals surface area contributed by atoms with Crippen LogP contribution in [0.1, 0.15) is 23.2 Å². The first-order valence-corrected chi connectivity index (χ1v) is 9.81. The molecular formula is C21H19Cl2N3O2. The molecule has 3 aromatic rings. The van der Waals surface area contributed by atoms with Crippen molar-refractivity contribution >= 4 is 51.6 Å². The van der Waals surface area contributed by atoms with Crippen molar-refractivity contribution in [3.8, 4) is 0 Å². The van der Waals surface area contributed by atoms with Gasteiger partial charge in [-0.2, -0.15) is 0 Å². The summed E-state index contributed by atoms with van der Waals surface area (Å²) in [5.74, 6) is -0.395. The second-order valence-corrected chi connectivity index (χ2v) is 7.79. The molecule has 5 nitrogen and oxygen atoms in total. The molecule has 144 valence electrons.